The van der Waals surface area contributed by atoms with Gasteiger partial charge in [0.05, 0.1) is 29.2 Å². The van der Waals surface area contributed by atoms with E-state index >= 15 is 0 Å². The van der Waals surface area contributed by atoms with Crippen LogP contribution in [0.1, 0.15) is 18.4 Å². The van der Waals surface area contributed by atoms with Crippen LogP contribution in [0.5, 0.6) is 5.75 Å². The summed E-state index contributed by atoms with van der Waals surface area (Å²) in [5, 5.41) is 0. The predicted octanol–water partition coefficient (Wildman–Crippen LogP) is 6.30. The topological polar surface area (TPSA) is 84.9 Å². The zero-order chi connectivity index (χ0) is 29.9. The predicted molar refractivity (Wildman–Crippen MR) is 138 cm³/mol. The fourth-order valence-electron chi connectivity index (χ4n) is 4.58. The summed E-state index contributed by atoms with van der Waals surface area (Å²) in [6, 6.07) is 10.5. The molecule has 4 rings (SSSR count). The van der Waals surface area contributed by atoms with Gasteiger partial charge in [0.25, 0.3) is 10.0 Å². The monoisotopic (exact) mass is 602 g/mol. The van der Waals surface area contributed by atoms with Gasteiger partial charge < -0.3 is 14.4 Å². The van der Waals surface area contributed by atoms with Gasteiger partial charge in [0, 0.05) is 18.7 Å². The number of anilines is 2. The van der Waals surface area contributed by atoms with Crippen LogP contribution in [-0.2, 0) is 25.7 Å². The molecular formula is C27H24F6N2O5S. The number of esters is 1. The minimum Gasteiger partial charge on any atom is -0.469 e. The van der Waals surface area contributed by atoms with E-state index < -0.39 is 62.4 Å². The summed E-state index contributed by atoms with van der Waals surface area (Å²) in [5.41, 5.74) is -1.67. The molecule has 3 aromatic carbocycles. The summed E-state index contributed by atoms with van der Waals surface area (Å²) in [6.45, 7) is -3.07. The highest BCUT2D eigenvalue weighted by Gasteiger charge is 2.33. The van der Waals surface area contributed by atoms with Gasteiger partial charge >= 0.3 is 18.8 Å². The molecule has 1 heterocycles. The Balaban J connectivity index is 1.86. The second kappa shape index (κ2) is 11.9. The molecule has 0 bridgehead atoms. The Labute approximate surface area is 231 Å². The number of halogens is 6. The number of nitrogens with one attached hydrogen (secondary N) is 1. The summed E-state index contributed by atoms with van der Waals surface area (Å²) in [6.07, 6.45) is -4.26. The first kappa shape index (κ1) is 30.0. The van der Waals surface area contributed by atoms with Crippen LogP contribution in [0.15, 0.2) is 65.6 Å². The molecule has 1 aliphatic heterocycles. The van der Waals surface area contributed by atoms with E-state index in [1.807, 2.05) is 0 Å². The number of carbonyl (C=O) groups excluding carboxylic acids is 1. The molecule has 0 aromatic heterocycles. The fraction of sp³-hybridized carbons (Fsp3) is 0.296. The van der Waals surface area contributed by atoms with Gasteiger partial charge in [-0.15, -0.1) is 0 Å². The van der Waals surface area contributed by atoms with Gasteiger partial charge in [-0.3, -0.25) is 9.52 Å². The number of sulfonamides is 1. The third-order valence-corrected chi connectivity index (χ3v) is 7.90. The molecule has 1 N–H and O–H groups in total. The van der Waals surface area contributed by atoms with Crippen molar-refractivity contribution in [3.8, 4) is 16.9 Å². The fourth-order valence-corrected chi connectivity index (χ4v) is 5.71. The maximum absolute atomic E-state index is 14.0. The van der Waals surface area contributed by atoms with Crippen LogP contribution in [0, 0.1) is 11.7 Å². The molecule has 3 aromatic rings. The van der Waals surface area contributed by atoms with E-state index in [1.165, 1.54) is 31.4 Å². The lowest BCUT2D eigenvalue weighted by atomic mass is 9.95. The van der Waals surface area contributed by atoms with E-state index in [2.05, 4.69) is 4.72 Å². The maximum atomic E-state index is 14.0. The first-order valence-electron chi connectivity index (χ1n) is 12.2. The average Bonchev–Trinajstić information content (AvgIpc) is 2.93. The van der Waals surface area contributed by atoms with Crippen molar-refractivity contribution in [3.63, 3.8) is 0 Å². The number of benzene rings is 3. The summed E-state index contributed by atoms with van der Waals surface area (Å²) in [7, 11) is -3.56. The lowest BCUT2D eigenvalue weighted by Crippen LogP contribution is -2.37. The van der Waals surface area contributed by atoms with Crippen LogP contribution in [0.25, 0.3) is 11.1 Å². The van der Waals surface area contributed by atoms with Crippen molar-refractivity contribution in [1.29, 1.82) is 0 Å². The molecule has 1 aliphatic rings. The number of piperidine rings is 1. The number of nitrogens with zero attached hydrogens (tertiary/aromatic N) is 1. The Morgan fingerprint density at radius 3 is 2.32 bits per heavy atom. The van der Waals surface area contributed by atoms with Crippen molar-refractivity contribution >= 4 is 27.4 Å². The first-order valence-corrected chi connectivity index (χ1v) is 13.7. The molecule has 1 saturated heterocycles. The second-order valence-corrected chi connectivity index (χ2v) is 10.8. The molecule has 7 nitrogen and oxygen atoms in total. The first-order chi connectivity index (χ1) is 19.3. The van der Waals surface area contributed by atoms with Crippen molar-refractivity contribution in [2.45, 2.75) is 30.5 Å². The molecule has 0 saturated carbocycles. The normalized spacial score (nSPS) is 14.7. The maximum Gasteiger partial charge on any atom is 0.416 e. The number of carbonyl (C=O) groups is 1. The third kappa shape index (κ3) is 6.87. The molecule has 0 radical (unpaired) electrons. The molecule has 0 spiro atoms. The van der Waals surface area contributed by atoms with E-state index in [4.69, 9.17) is 9.47 Å². The van der Waals surface area contributed by atoms with Crippen LogP contribution in [-0.4, -0.2) is 41.2 Å². The van der Waals surface area contributed by atoms with Crippen molar-refractivity contribution in [2.24, 2.45) is 5.92 Å². The second-order valence-electron chi connectivity index (χ2n) is 9.14. The van der Waals surface area contributed by atoms with Crippen LogP contribution < -0.4 is 14.4 Å². The lowest BCUT2D eigenvalue weighted by molar-refractivity contribution is -0.146. The van der Waals surface area contributed by atoms with Gasteiger partial charge in [-0.05, 0) is 60.9 Å². The minimum atomic E-state index is -4.85. The number of rotatable bonds is 8. The highest BCUT2D eigenvalue weighted by atomic mass is 32.2. The van der Waals surface area contributed by atoms with Crippen molar-refractivity contribution in [1.82, 2.24) is 0 Å². The Bertz CT molecular complexity index is 1520. The zero-order valence-electron chi connectivity index (χ0n) is 21.4. The van der Waals surface area contributed by atoms with E-state index in [0.717, 1.165) is 24.3 Å². The summed E-state index contributed by atoms with van der Waals surface area (Å²) < 4.78 is 120. The lowest BCUT2D eigenvalue weighted by Gasteiger charge is -2.34. The van der Waals surface area contributed by atoms with Gasteiger partial charge in [0.2, 0.25) is 0 Å². The van der Waals surface area contributed by atoms with E-state index in [-0.39, 0.29) is 29.9 Å². The standard InChI is InChI=1S/C27H24F6N2O5S/c1-39-25(36)16-10-12-35(13-11-16)22-9-8-21(17-4-2-6-19(28)14-17)24(40-26(29)30)23(22)34-41(37,38)20-7-3-5-18(15-20)27(31,32)33/h2-9,14-16,26,34H,10-13H2,1H3. The van der Waals surface area contributed by atoms with Gasteiger partial charge in [-0.1, -0.05) is 18.2 Å². The Morgan fingerprint density at radius 2 is 1.71 bits per heavy atom. The van der Waals surface area contributed by atoms with Gasteiger partial charge in [-0.25, -0.2) is 12.8 Å². The SMILES string of the molecule is COC(=O)C1CCN(c2ccc(-c3cccc(F)c3)c(OC(F)F)c2NS(=O)(=O)c2cccc(C(F)(F)F)c2)CC1. The number of hydrogen-bond donors (Lipinski definition) is 1. The number of methoxy groups -OCH3 is 1. The highest BCUT2D eigenvalue weighted by Crippen LogP contribution is 2.46. The average molecular weight is 603 g/mol. The summed E-state index contributed by atoms with van der Waals surface area (Å²) >= 11 is 0. The molecule has 0 unspecified atom stereocenters. The van der Waals surface area contributed by atoms with Crippen LogP contribution in [0.4, 0.5) is 37.7 Å². The van der Waals surface area contributed by atoms with Crippen LogP contribution in [0.2, 0.25) is 0 Å². The van der Waals surface area contributed by atoms with Crippen LogP contribution >= 0.6 is 0 Å². The Kier molecular flexibility index (Phi) is 8.71. The largest absolute Gasteiger partial charge is 0.469 e. The molecule has 0 amide bonds. The Morgan fingerprint density at radius 1 is 1.02 bits per heavy atom. The van der Waals surface area contributed by atoms with Crippen molar-refractivity contribution in [2.75, 3.05) is 29.8 Å². The molecule has 41 heavy (non-hydrogen) atoms. The smallest absolute Gasteiger partial charge is 0.416 e. The molecule has 0 aliphatic carbocycles. The van der Waals surface area contributed by atoms with Crippen molar-refractivity contribution < 1.29 is 49.0 Å². The molecule has 14 heteroatoms. The molecule has 220 valence electrons. The Hall–Kier alpha value is -3.94. The number of ether oxygens (including phenoxy) is 2. The summed E-state index contributed by atoms with van der Waals surface area (Å²) in [5.74, 6) is -2.23. The van der Waals surface area contributed by atoms with Crippen LogP contribution in [0.3, 0.4) is 0 Å². The quantitative estimate of drug-likeness (QED) is 0.241. The molecule has 1 fully saturated rings. The summed E-state index contributed by atoms with van der Waals surface area (Å²) in [4.78, 5) is 12.8. The van der Waals surface area contributed by atoms with E-state index in [9.17, 15) is 39.6 Å². The van der Waals surface area contributed by atoms with Crippen molar-refractivity contribution in [3.05, 3.63) is 72.0 Å². The zero-order valence-corrected chi connectivity index (χ0v) is 22.2. The molecular weight excluding hydrogens is 578 g/mol. The third-order valence-electron chi connectivity index (χ3n) is 6.56. The van der Waals surface area contributed by atoms with E-state index in [1.54, 1.807) is 4.90 Å². The highest BCUT2D eigenvalue weighted by molar-refractivity contribution is 7.92. The number of hydrogen-bond acceptors (Lipinski definition) is 6. The number of alkyl halides is 5. The van der Waals surface area contributed by atoms with Gasteiger partial charge in [-0.2, -0.15) is 22.0 Å². The minimum absolute atomic E-state index is 0.0691. The van der Waals surface area contributed by atoms with E-state index in [0.29, 0.717) is 25.0 Å². The van der Waals surface area contributed by atoms with Gasteiger partial charge in [0.15, 0.2) is 5.75 Å². The van der Waals surface area contributed by atoms with Gasteiger partial charge in [0.1, 0.15) is 11.5 Å². The molecule has 0 atom stereocenters.